The Kier molecular flexibility index (Phi) is 5.78. The number of para-hydroxylation sites is 1. The van der Waals surface area contributed by atoms with Crippen molar-refractivity contribution >= 4 is 52.1 Å². The van der Waals surface area contributed by atoms with Crippen molar-refractivity contribution < 1.29 is 9.59 Å². The van der Waals surface area contributed by atoms with E-state index in [1.165, 1.54) is 12.1 Å². The van der Waals surface area contributed by atoms with Crippen molar-refractivity contribution in [2.45, 2.75) is 13.0 Å². The van der Waals surface area contributed by atoms with Crippen molar-refractivity contribution in [3.05, 3.63) is 69.8 Å². The van der Waals surface area contributed by atoms with Gasteiger partial charge in [-0.05, 0) is 24.3 Å². The highest BCUT2D eigenvalue weighted by atomic mass is 35.5. The summed E-state index contributed by atoms with van der Waals surface area (Å²) in [6.07, 6.45) is 3.64. The third kappa shape index (κ3) is 4.48. The fourth-order valence-corrected chi connectivity index (χ4v) is 3.18. The monoisotopic (exact) mass is 402 g/mol. The maximum atomic E-state index is 12.2. The number of hydrazone groups is 1. The van der Waals surface area contributed by atoms with Gasteiger partial charge in [0.05, 0.1) is 16.8 Å². The van der Waals surface area contributed by atoms with Crippen molar-refractivity contribution in [1.29, 1.82) is 0 Å². The Morgan fingerprint density at radius 2 is 1.96 bits per heavy atom. The molecule has 0 radical (unpaired) electrons. The van der Waals surface area contributed by atoms with Crippen LogP contribution in [0.25, 0.3) is 10.9 Å². The van der Waals surface area contributed by atoms with E-state index >= 15 is 0 Å². The van der Waals surface area contributed by atoms with Crippen LogP contribution in [0.5, 0.6) is 0 Å². The summed E-state index contributed by atoms with van der Waals surface area (Å²) in [4.78, 5) is 23.3. The zero-order valence-electron chi connectivity index (χ0n) is 14.2. The molecule has 1 heterocycles. The Hall–Kier alpha value is -2.83. The second-order valence-corrected chi connectivity index (χ2v) is 6.68. The van der Waals surface area contributed by atoms with Crippen LogP contribution < -0.4 is 11.2 Å². The van der Waals surface area contributed by atoms with E-state index in [4.69, 9.17) is 28.9 Å². The van der Waals surface area contributed by atoms with Crippen LogP contribution in [0.1, 0.15) is 22.3 Å². The van der Waals surface area contributed by atoms with Crippen LogP contribution in [0, 0.1) is 0 Å². The van der Waals surface area contributed by atoms with Gasteiger partial charge in [0, 0.05) is 40.7 Å². The number of carbonyl (C=O) groups excluding carboxylic acids is 2. The van der Waals surface area contributed by atoms with Crippen molar-refractivity contribution in [3.8, 4) is 0 Å². The number of primary amides is 1. The van der Waals surface area contributed by atoms with Crippen LogP contribution in [0.15, 0.2) is 53.8 Å². The first-order valence-electron chi connectivity index (χ1n) is 8.10. The first-order valence-corrected chi connectivity index (χ1v) is 8.86. The molecule has 27 heavy (non-hydrogen) atoms. The first kappa shape index (κ1) is 18.9. The van der Waals surface area contributed by atoms with E-state index < -0.39 is 5.91 Å². The molecule has 138 valence electrons. The minimum atomic E-state index is -0.439. The number of nitrogens with one attached hydrogen (secondary N) is 1. The summed E-state index contributed by atoms with van der Waals surface area (Å²) < 4.78 is 1.93. The van der Waals surface area contributed by atoms with E-state index in [1.54, 1.807) is 12.3 Å². The van der Waals surface area contributed by atoms with Gasteiger partial charge in [0.15, 0.2) is 0 Å². The molecule has 8 heteroatoms. The van der Waals surface area contributed by atoms with Crippen molar-refractivity contribution in [2.24, 2.45) is 10.8 Å². The van der Waals surface area contributed by atoms with Crippen LogP contribution in [-0.2, 0) is 11.3 Å². The number of aryl methyl sites for hydroxylation is 1. The zero-order chi connectivity index (χ0) is 19.4. The standard InChI is InChI=1S/C19H16Cl2N4O2/c20-13-5-6-15(16(21)9-13)19(27)24-23-10-12-11-25(8-7-18(22)26)17-4-2-1-3-14(12)17/h1-6,9-11H,7-8H2,(H2,22,26)(H,24,27)/b23-10-. The molecular weight excluding hydrogens is 387 g/mol. The summed E-state index contributed by atoms with van der Waals surface area (Å²) in [5.41, 5.74) is 9.72. The molecule has 0 aliphatic rings. The summed E-state index contributed by atoms with van der Waals surface area (Å²) in [5.74, 6) is -0.805. The smallest absolute Gasteiger partial charge is 0.272 e. The SMILES string of the molecule is NC(=O)CCn1cc(/C=N\NC(=O)c2ccc(Cl)cc2Cl)c2ccccc21. The highest BCUT2D eigenvalue weighted by Gasteiger charge is 2.10. The summed E-state index contributed by atoms with van der Waals surface area (Å²) in [7, 11) is 0. The number of nitrogens with zero attached hydrogens (tertiary/aromatic N) is 2. The number of halogens is 2. The predicted octanol–water partition coefficient (Wildman–Crippen LogP) is 3.59. The number of hydrogen-bond acceptors (Lipinski definition) is 3. The second kappa shape index (κ2) is 8.24. The molecule has 0 aliphatic carbocycles. The van der Waals surface area contributed by atoms with E-state index in [0.29, 0.717) is 11.6 Å². The molecule has 2 aromatic carbocycles. The van der Waals surface area contributed by atoms with Crippen LogP contribution in [0.2, 0.25) is 10.0 Å². The van der Waals surface area contributed by atoms with Gasteiger partial charge < -0.3 is 10.3 Å². The van der Waals surface area contributed by atoms with Crippen molar-refractivity contribution in [2.75, 3.05) is 0 Å². The van der Waals surface area contributed by atoms with Gasteiger partial charge in [0.2, 0.25) is 5.91 Å². The fourth-order valence-electron chi connectivity index (χ4n) is 2.69. The van der Waals surface area contributed by atoms with E-state index in [0.717, 1.165) is 16.5 Å². The molecule has 0 bridgehead atoms. The van der Waals surface area contributed by atoms with E-state index in [-0.39, 0.29) is 22.9 Å². The third-order valence-electron chi connectivity index (χ3n) is 3.96. The Morgan fingerprint density at radius 3 is 2.70 bits per heavy atom. The zero-order valence-corrected chi connectivity index (χ0v) is 15.7. The van der Waals surface area contributed by atoms with E-state index in [2.05, 4.69) is 10.5 Å². The lowest BCUT2D eigenvalue weighted by Gasteiger charge is -2.02. The molecule has 0 fully saturated rings. The predicted molar refractivity (Wildman–Crippen MR) is 107 cm³/mol. The van der Waals surface area contributed by atoms with Crippen molar-refractivity contribution in [3.63, 3.8) is 0 Å². The average Bonchev–Trinajstić information content (AvgIpc) is 2.98. The van der Waals surface area contributed by atoms with Gasteiger partial charge in [-0.2, -0.15) is 5.10 Å². The number of hydrogen-bond donors (Lipinski definition) is 2. The summed E-state index contributed by atoms with van der Waals surface area (Å²) in [5, 5.41) is 5.66. The molecule has 0 saturated heterocycles. The minimum absolute atomic E-state index is 0.237. The number of aromatic nitrogens is 1. The van der Waals surface area contributed by atoms with E-state index in [1.807, 2.05) is 35.0 Å². The lowest BCUT2D eigenvalue weighted by Crippen LogP contribution is -2.18. The molecule has 0 unspecified atom stereocenters. The molecule has 3 aromatic rings. The Morgan fingerprint density at radius 1 is 1.19 bits per heavy atom. The van der Waals surface area contributed by atoms with Gasteiger partial charge in [-0.3, -0.25) is 9.59 Å². The molecule has 0 aliphatic heterocycles. The molecule has 0 spiro atoms. The molecule has 0 saturated carbocycles. The average molecular weight is 403 g/mol. The molecule has 2 amide bonds. The van der Waals surface area contributed by atoms with Gasteiger partial charge in [0.25, 0.3) is 5.91 Å². The van der Waals surface area contributed by atoms with Gasteiger partial charge >= 0.3 is 0 Å². The normalized spacial score (nSPS) is 11.2. The number of benzene rings is 2. The fraction of sp³-hybridized carbons (Fsp3) is 0.105. The summed E-state index contributed by atoms with van der Waals surface area (Å²) in [6.45, 7) is 0.469. The number of rotatable bonds is 6. The number of amides is 2. The minimum Gasteiger partial charge on any atom is -0.370 e. The number of carbonyl (C=O) groups is 2. The molecule has 6 nitrogen and oxygen atoms in total. The summed E-state index contributed by atoms with van der Waals surface area (Å²) >= 11 is 11.9. The summed E-state index contributed by atoms with van der Waals surface area (Å²) in [6, 6.07) is 12.3. The third-order valence-corrected chi connectivity index (χ3v) is 4.51. The van der Waals surface area contributed by atoms with Crippen LogP contribution in [0.4, 0.5) is 0 Å². The van der Waals surface area contributed by atoms with Gasteiger partial charge in [0.1, 0.15) is 0 Å². The molecule has 1 aromatic heterocycles. The number of fused-ring (bicyclic) bond motifs is 1. The van der Waals surface area contributed by atoms with Crippen LogP contribution >= 0.6 is 23.2 Å². The topological polar surface area (TPSA) is 89.5 Å². The van der Waals surface area contributed by atoms with Crippen LogP contribution in [0.3, 0.4) is 0 Å². The van der Waals surface area contributed by atoms with Gasteiger partial charge in [-0.15, -0.1) is 0 Å². The van der Waals surface area contributed by atoms with E-state index in [9.17, 15) is 9.59 Å². The van der Waals surface area contributed by atoms with Gasteiger partial charge in [-0.1, -0.05) is 41.4 Å². The molecule has 3 rings (SSSR count). The lowest BCUT2D eigenvalue weighted by atomic mass is 10.2. The lowest BCUT2D eigenvalue weighted by molar-refractivity contribution is -0.118. The Balaban J connectivity index is 1.79. The quantitative estimate of drug-likeness (QED) is 0.487. The number of nitrogens with two attached hydrogens (primary N) is 1. The first-order chi connectivity index (χ1) is 13.0. The molecule has 3 N–H and O–H groups in total. The highest BCUT2D eigenvalue weighted by molar-refractivity contribution is 6.36. The largest absolute Gasteiger partial charge is 0.370 e. The second-order valence-electron chi connectivity index (χ2n) is 5.83. The maximum absolute atomic E-state index is 12.2. The van der Waals surface area contributed by atoms with Gasteiger partial charge in [-0.25, -0.2) is 5.43 Å². The maximum Gasteiger partial charge on any atom is 0.272 e. The van der Waals surface area contributed by atoms with Crippen LogP contribution in [-0.4, -0.2) is 22.6 Å². The molecule has 0 atom stereocenters. The highest BCUT2D eigenvalue weighted by Crippen LogP contribution is 2.22. The Labute approximate surface area is 165 Å². The Bertz CT molecular complexity index is 1040. The molecular formula is C19H16Cl2N4O2. The van der Waals surface area contributed by atoms with Crippen molar-refractivity contribution in [1.82, 2.24) is 9.99 Å².